The lowest BCUT2D eigenvalue weighted by molar-refractivity contribution is -0.122. The Balaban J connectivity index is 0.000000817. The Labute approximate surface area is 158 Å². The van der Waals surface area contributed by atoms with Gasteiger partial charge in [0.15, 0.2) is 5.82 Å². The average Bonchev–Trinajstić information content (AvgIpc) is 3.04. The number of aromatic nitrogens is 5. The molecule has 2 aromatic heterocycles. The smallest absolute Gasteiger partial charge is 0.290 e. The molecule has 0 radical (unpaired) electrons. The van der Waals surface area contributed by atoms with Crippen LogP contribution in [0.5, 0.6) is 0 Å². The van der Waals surface area contributed by atoms with Crippen LogP contribution in [0.3, 0.4) is 0 Å². The molecule has 10 nitrogen and oxygen atoms in total. The van der Waals surface area contributed by atoms with Crippen molar-refractivity contribution in [3.63, 3.8) is 0 Å². The van der Waals surface area contributed by atoms with Crippen LogP contribution in [-0.2, 0) is 25.0 Å². The molecule has 1 aliphatic rings. The van der Waals surface area contributed by atoms with E-state index in [1.165, 1.54) is 0 Å². The van der Waals surface area contributed by atoms with Gasteiger partial charge >= 0.3 is 0 Å². The summed E-state index contributed by atoms with van der Waals surface area (Å²) in [4.78, 5) is 21.4. The third kappa shape index (κ3) is 5.44. The molecule has 1 fully saturated rings. The first kappa shape index (κ1) is 20.7. The van der Waals surface area contributed by atoms with Crippen molar-refractivity contribution in [3.8, 4) is 0 Å². The van der Waals surface area contributed by atoms with Crippen LogP contribution in [0.4, 0.5) is 5.95 Å². The van der Waals surface area contributed by atoms with Crippen LogP contribution in [-0.4, -0.2) is 73.5 Å². The van der Waals surface area contributed by atoms with Gasteiger partial charge in [-0.05, 0) is 25.9 Å². The fraction of sp³-hybridized carbons (Fsp3) is 0.588. The van der Waals surface area contributed by atoms with Gasteiger partial charge in [-0.3, -0.25) is 9.69 Å². The maximum atomic E-state index is 9.24. The van der Waals surface area contributed by atoms with Crippen LogP contribution in [0, 0.1) is 0 Å². The van der Waals surface area contributed by atoms with Gasteiger partial charge in [0.1, 0.15) is 12.4 Å². The van der Waals surface area contributed by atoms with Crippen LogP contribution in [0.1, 0.15) is 36.0 Å². The first-order valence-corrected chi connectivity index (χ1v) is 8.77. The van der Waals surface area contributed by atoms with E-state index in [1.54, 1.807) is 0 Å². The maximum absolute atomic E-state index is 9.24. The summed E-state index contributed by atoms with van der Waals surface area (Å²) < 4.78 is 1.92. The molecule has 0 amide bonds. The summed E-state index contributed by atoms with van der Waals surface area (Å²) in [5.74, 6) is 2.76. The molecule has 1 saturated heterocycles. The van der Waals surface area contributed by atoms with Crippen molar-refractivity contribution < 1.29 is 15.0 Å². The molecular weight excluding hydrogens is 350 g/mol. The highest BCUT2D eigenvalue weighted by Gasteiger charge is 2.25. The number of nitrogens with zero attached hydrogens (tertiary/aromatic N) is 7. The lowest BCUT2D eigenvalue weighted by atomic mass is 9.95. The van der Waals surface area contributed by atoms with Crippen molar-refractivity contribution in [2.45, 2.75) is 31.9 Å². The van der Waals surface area contributed by atoms with Gasteiger partial charge in [-0.15, -0.1) is 10.2 Å². The van der Waals surface area contributed by atoms with Crippen LogP contribution >= 0.6 is 0 Å². The first-order chi connectivity index (χ1) is 13.0. The van der Waals surface area contributed by atoms with Crippen LogP contribution < -0.4 is 4.90 Å². The molecule has 0 spiro atoms. The van der Waals surface area contributed by atoms with E-state index in [4.69, 9.17) is 9.90 Å². The van der Waals surface area contributed by atoms with Crippen molar-refractivity contribution in [2.75, 3.05) is 32.1 Å². The van der Waals surface area contributed by atoms with Gasteiger partial charge in [-0.1, -0.05) is 0 Å². The number of anilines is 1. The summed E-state index contributed by atoms with van der Waals surface area (Å²) in [5, 5.41) is 24.4. The summed E-state index contributed by atoms with van der Waals surface area (Å²) >= 11 is 0. The summed E-state index contributed by atoms with van der Waals surface area (Å²) in [6.45, 7) is 2.59. The van der Waals surface area contributed by atoms with Crippen LogP contribution in [0.2, 0.25) is 0 Å². The molecule has 3 rings (SSSR count). The number of hydrogen-bond acceptors (Lipinski definition) is 8. The van der Waals surface area contributed by atoms with E-state index in [1.807, 2.05) is 43.0 Å². The van der Waals surface area contributed by atoms with E-state index < -0.39 is 0 Å². The minimum Gasteiger partial charge on any atom is -0.483 e. The van der Waals surface area contributed by atoms with Crippen LogP contribution in [0.25, 0.3) is 0 Å². The van der Waals surface area contributed by atoms with Crippen molar-refractivity contribution in [3.05, 3.63) is 29.6 Å². The third-order valence-electron chi connectivity index (χ3n) is 4.59. The number of rotatable bonds is 5. The first-order valence-electron chi connectivity index (χ1n) is 8.77. The number of piperidine rings is 1. The van der Waals surface area contributed by atoms with Gasteiger partial charge in [0, 0.05) is 51.6 Å². The predicted octanol–water partition coefficient (Wildman–Crippen LogP) is 0.244. The van der Waals surface area contributed by atoms with Crippen molar-refractivity contribution >= 4 is 12.4 Å². The second kappa shape index (κ2) is 9.93. The molecule has 2 N–H and O–H groups in total. The molecule has 0 atom stereocenters. The number of hydrogen-bond donors (Lipinski definition) is 2. The predicted molar refractivity (Wildman–Crippen MR) is 99.2 cm³/mol. The zero-order chi connectivity index (χ0) is 19.8. The lowest BCUT2D eigenvalue weighted by Gasteiger charge is -2.31. The molecule has 148 valence electrons. The largest absolute Gasteiger partial charge is 0.483 e. The molecule has 0 bridgehead atoms. The van der Waals surface area contributed by atoms with Crippen molar-refractivity contribution in [2.24, 2.45) is 7.05 Å². The second-order valence-corrected chi connectivity index (χ2v) is 6.63. The third-order valence-corrected chi connectivity index (χ3v) is 4.59. The normalized spacial score (nSPS) is 15.1. The fourth-order valence-electron chi connectivity index (χ4n) is 3.14. The van der Waals surface area contributed by atoms with E-state index in [-0.39, 0.29) is 13.1 Å². The molecule has 0 aromatic carbocycles. The van der Waals surface area contributed by atoms with Gasteiger partial charge in [0.05, 0.1) is 0 Å². The molecule has 1 aliphatic heterocycles. The number of aliphatic hydroxyl groups is 1. The van der Waals surface area contributed by atoms with Gasteiger partial charge in [0.25, 0.3) is 6.47 Å². The Morgan fingerprint density at radius 2 is 1.81 bits per heavy atom. The quantitative estimate of drug-likeness (QED) is 0.706. The zero-order valence-corrected chi connectivity index (χ0v) is 16.0. The maximum Gasteiger partial charge on any atom is 0.290 e. The van der Waals surface area contributed by atoms with Crippen molar-refractivity contribution in [1.29, 1.82) is 0 Å². The Bertz CT molecular complexity index is 710. The Kier molecular flexibility index (Phi) is 7.62. The summed E-state index contributed by atoms with van der Waals surface area (Å²) in [6, 6.07) is 0. The molecule has 2 aromatic rings. The highest BCUT2D eigenvalue weighted by Crippen LogP contribution is 2.27. The van der Waals surface area contributed by atoms with E-state index in [0.29, 0.717) is 11.7 Å². The average molecular weight is 377 g/mol. The summed E-state index contributed by atoms with van der Waals surface area (Å²) in [5.41, 5.74) is 1.14. The van der Waals surface area contributed by atoms with Crippen molar-refractivity contribution in [1.82, 2.24) is 29.6 Å². The second-order valence-electron chi connectivity index (χ2n) is 6.63. The molecule has 0 aliphatic carbocycles. The Hall–Kier alpha value is -2.59. The number of aliphatic hydroxyl groups excluding tert-OH is 1. The molecule has 3 heterocycles. The molecule has 27 heavy (non-hydrogen) atoms. The topological polar surface area (TPSA) is 121 Å². The van der Waals surface area contributed by atoms with E-state index in [9.17, 15) is 5.11 Å². The minimum absolute atomic E-state index is 0.0642. The summed E-state index contributed by atoms with van der Waals surface area (Å²) in [7, 11) is 5.81. The SMILES string of the molecule is CN(C)c1ncc(CN2CCC(c3nnc(CO)n3C)CC2)cn1.O=CO. The molecule has 0 unspecified atom stereocenters. The van der Waals surface area contributed by atoms with Gasteiger partial charge in [-0.25, -0.2) is 9.97 Å². The van der Waals surface area contributed by atoms with Gasteiger partial charge < -0.3 is 19.7 Å². The number of likely N-dealkylation sites (tertiary alicyclic amines) is 1. The Morgan fingerprint density at radius 3 is 2.30 bits per heavy atom. The minimum atomic E-state index is -0.250. The fourth-order valence-corrected chi connectivity index (χ4v) is 3.14. The highest BCUT2D eigenvalue weighted by atomic mass is 16.3. The molecular formula is C17H27N7O3. The number of carbonyl (C=O) groups is 1. The molecule has 0 saturated carbocycles. The van der Waals surface area contributed by atoms with Crippen LogP contribution in [0.15, 0.2) is 12.4 Å². The van der Waals surface area contributed by atoms with E-state index in [0.717, 1.165) is 49.8 Å². The Morgan fingerprint density at radius 1 is 1.22 bits per heavy atom. The lowest BCUT2D eigenvalue weighted by Crippen LogP contribution is -2.33. The van der Waals surface area contributed by atoms with Gasteiger partial charge in [0.2, 0.25) is 5.95 Å². The van der Waals surface area contributed by atoms with E-state index >= 15 is 0 Å². The molecule has 10 heteroatoms. The zero-order valence-electron chi connectivity index (χ0n) is 16.0. The number of carboxylic acid groups (broad SMARTS) is 1. The van der Waals surface area contributed by atoms with E-state index in [2.05, 4.69) is 25.1 Å². The summed E-state index contributed by atoms with van der Waals surface area (Å²) in [6.07, 6.45) is 5.91. The highest BCUT2D eigenvalue weighted by molar-refractivity contribution is 5.32. The van der Waals surface area contributed by atoms with Gasteiger partial charge in [-0.2, -0.15) is 0 Å². The monoisotopic (exact) mass is 377 g/mol. The standard InChI is InChI=1S/C16H25N7O.CH2O2/c1-21(2)16-17-8-12(9-18-16)10-23-6-4-13(5-7-23)15-20-19-14(11-24)22(15)3;2-1-3/h8-9,13,24H,4-7,10-11H2,1-3H3;1H,(H,2,3).